The summed E-state index contributed by atoms with van der Waals surface area (Å²) in [6, 6.07) is 2.83. The predicted octanol–water partition coefficient (Wildman–Crippen LogP) is 2.68. The Morgan fingerprint density at radius 1 is 1.35 bits per heavy atom. The summed E-state index contributed by atoms with van der Waals surface area (Å²) in [5, 5.41) is 2.09. The van der Waals surface area contributed by atoms with E-state index in [1.165, 1.54) is 12.1 Å². The van der Waals surface area contributed by atoms with Gasteiger partial charge in [0.1, 0.15) is 0 Å². The highest BCUT2D eigenvalue weighted by Crippen LogP contribution is 2.35. The molecule has 0 radical (unpaired) electrons. The van der Waals surface area contributed by atoms with Gasteiger partial charge in [-0.15, -0.1) is 0 Å². The summed E-state index contributed by atoms with van der Waals surface area (Å²) in [6.45, 7) is 0. The number of amides is 1. The van der Waals surface area contributed by atoms with Crippen LogP contribution >= 0.6 is 11.6 Å². The smallest absolute Gasteiger partial charge is 0.349 e. The third kappa shape index (κ3) is 4.97. The monoisotopic (exact) mass is 367 g/mol. The number of carbonyl (C=O) groups is 1. The minimum absolute atomic E-state index is 0.0216. The van der Waals surface area contributed by atoms with Gasteiger partial charge in [0.15, 0.2) is 9.84 Å². The maximum absolute atomic E-state index is 12.7. The zero-order chi connectivity index (χ0) is 17.3. The Hall–Kier alpha value is -1.54. The van der Waals surface area contributed by atoms with Crippen molar-refractivity contribution in [3.05, 3.63) is 40.4 Å². The summed E-state index contributed by atoms with van der Waals surface area (Å²) < 4.78 is 60.7. The van der Waals surface area contributed by atoms with Crippen LogP contribution in [0.25, 0.3) is 6.08 Å². The zero-order valence-electron chi connectivity index (χ0n) is 11.7. The Labute approximate surface area is 136 Å². The van der Waals surface area contributed by atoms with Gasteiger partial charge in [0.05, 0.1) is 22.1 Å². The number of rotatable bonds is 3. The Morgan fingerprint density at radius 3 is 2.61 bits per heavy atom. The molecule has 0 saturated carbocycles. The van der Waals surface area contributed by atoms with E-state index in [0.717, 1.165) is 18.2 Å². The molecule has 1 amide bonds. The lowest BCUT2D eigenvalue weighted by atomic mass is 10.1. The van der Waals surface area contributed by atoms with Gasteiger partial charge in [0, 0.05) is 12.1 Å². The fourth-order valence-electron chi connectivity index (χ4n) is 2.19. The van der Waals surface area contributed by atoms with Crippen LogP contribution in [0, 0.1) is 0 Å². The number of sulfone groups is 1. The van der Waals surface area contributed by atoms with Gasteiger partial charge < -0.3 is 5.32 Å². The minimum atomic E-state index is -4.58. The van der Waals surface area contributed by atoms with Crippen LogP contribution in [-0.2, 0) is 20.8 Å². The van der Waals surface area contributed by atoms with Crippen LogP contribution in [-0.4, -0.2) is 31.9 Å². The number of hydrogen-bond acceptors (Lipinski definition) is 3. The fraction of sp³-hybridized carbons (Fsp3) is 0.357. The summed E-state index contributed by atoms with van der Waals surface area (Å²) in [6.07, 6.45) is -1.97. The Bertz CT molecular complexity index is 744. The molecule has 1 N–H and O–H groups in total. The lowest BCUT2D eigenvalue weighted by molar-refractivity contribution is -0.137. The molecule has 1 aromatic carbocycles. The first kappa shape index (κ1) is 17.8. The van der Waals surface area contributed by atoms with E-state index in [2.05, 4.69) is 5.32 Å². The topological polar surface area (TPSA) is 63.2 Å². The number of carbonyl (C=O) groups excluding carboxylic acids is 1. The van der Waals surface area contributed by atoms with Gasteiger partial charge in [0.25, 0.3) is 0 Å². The Kier molecular flexibility index (Phi) is 5.05. The molecule has 23 heavy (non-hydrogen) atoms. The summed E-state index contributed by atoms with van der Waals surface area (Å²) in [7, 11) is -3.11. The van der Waals surface area contributed by atoms with Crippen molar-refractivity contribution >= 4 is 33.4 Å². The fourth-order valence-corrected chi connectivity index (χ4v) is 4.09. The third-order valence-electron chi connectivity index (χ3n) is 3.30. The van der Waals surface area contributed by atoms with E-state index in [-0.39, 0.29) is 17.1 Å². The first-order valence-electron chi connectivity index (χ1n) is 6.62. The van der Waals surface area contributed by atoms with Crippen molar-refractivity contribution in [3.63, 3.8) is 0 Å². The normalized spacial score (nSPS) is 20.8. The van der Waals surface area contributed by atoms with Crippen molar-refractivity contribution in [1.29, 1.82) is 0 Å². The molecule has 1 unspecified atom stereocenters. The third-order valence-corrected chi connectivity index (χ3v) is 5.40. The molecule has 126 valence electrons. The number of nitrogens with one attached hydrogen (secondary N) is 1. The second-order valence-electron chi connectivity index (χ2n) is 5.18. The maximum atomic E-state index is 12.7. The van der Waals surface area contributed by atoms with Crippen molar-refractivity contribution < 1.29 is 26.4 Å². The largest absolute Gasteiger partial charge is 0.417 e. The molecule has 1 aliphatic heterocycles. The predicted molar refractivity (Wildman–Crippen MR) is 80.7 cm³/mol. The summed E-state index contributed by atoms with van der Waals surface area (Å²) in [5.41, 5.74) is -0.820. The van der Waals surface area contributed by atoms with Crippen molar-refractivity contribution in [2.24, 2.45) is 0 Å². The van der Waals surface area contributed by atoms with Crippen molar-refractivity contribution in [3.8, 4) is 0 Å². The number of halogens is 4. The number of hydrogen-bond donors (Lipinski definition) is 1. The Balaban J connectivity index is 2.04. The molecule has 0 aliphatic carbocycles. The van der Waals surface area contributed by atoms with Crippen LogP contribution in [0.15, 0.2) is 24.3 Å². The average Bonchev–Trinajstić information content (AvgIpc) is 2.75. The molecule has 1 saturated heterocycles. The van der Waals surface area contributed by atoms with Crippen LogP contribution in [0.1, 0.15) is 17.5 Å². The van der Waals surface area contributed by atoms with Crippen molar-refractivity contribution in [2.75, 3.05) is 11.5 Å². The van der Waals surface area contributed by atoms with Gasteiger partial charge in [-0.1, -0.05) is 17.7 Å². The second kappa shape index (κ2) is 6.52. The van der Waals surface area contributed by atoms with E-state index in [1.807, 2.05) is 0 Å². The van der Waals surface area contributed by atoms with Gasteiger partial charge in [-0.05, 0) is 30.2 Å². The average molecular weight is 368 g/mol. The molecule has 1 fully saturated rings. The van der Waals surface area contributed by atoms with Gasteiger partial charge in [-0.25, -0.2) is 8.42 Å². The SMILES string of the molecule is O=C(C=Cc1ccc(Cl)c(C(F)(F)F)c1)NC1CCS(=O)(=O)C1. The van der Waals surface area contributed by atoms with Crippen molar-refractivity contribution in [1.82, 2.24) is 5.32 Å². The highest BCUT2D eigenvalue weighted by molar-refractivity contribution is 7.91. The first-order valence-corrected chi connectivity index (χ1v) is 8.82. The first-order chi connectivity index (χ1) is 10.6. The molecule has 2 rings (SSSR count). The highest BCUT2D eigenvalue weighted by atomic mass is 35.5. The van der Waals surface area contributed by atoms with E-state index < -0.39 is 38.5 Å². The van der Waals surface area contributed by atoms with Gasteiger partial charge >= 0.3 is 6.18 Å². The van der Waals surface area contributed by atoms with Crippen molar-refractivity contribution in [2.45, 2.75) is 18.6 Å². The molecule has 1 heterocycles. The Morgan fingerprint density at radius 2 is 2.04 bits per heavy atom. The molecule has 0 bridgehead atoms. The molecule has 9 heteroatoms. The van der Waals surface area contributed by atoms with Gasteiger partial charge in [-0.2, -0.15) is 13.2 Å². The molecule has 4 nitrogen and oxygen atoms in total. The van der Waals surface area contributed by atoms with Crippen LogP contribution in [0.2, 0.25) is 5.02 Å². The summed E-state index contributed by atoms with van der Waals surface area (Å²) >= 11 is 5.50. The minimum Gasteiger partial charge on any atom is -0.349 e. The molecule has 0 aromatic heterocycles. The molecular weight excluding hydrogens is 355 g/mol. The van der Waals surface area contributed by atoms with Crippen LogP contribution < -0.4 is 5.32 Å². The van der Waals surface area contributed by atoms with E-state index in [4.69, 9.17) is 11.6 Å². The molecule has 1 atom stereocenters. The number of alkyl halides is 3. The number of benzene rings is 1. The highest BCUT2D eigenvalue weighted by Gasteiger charge is 2.33. The standard InChI is InChI=1S/C14H13ClF3NO3S/c15-12-3-1-9(7-11(12)14(16,17)18)2-4-13(20)19-10-5-6-23(21,22)8-10/h1-4,7,10H,5-6,8H2,(H,19,20). The lowest BCUT2D eigenvalue weighted by Gasteiger charge is -2.10. The van der Waals surface area contributed by atoms with E-state index in [1.54, 1.807) is 0 Å². The van der Waals surface area contributed by atoms with Gasteiger partial charge in [0.2, 0.25) is 5.91 Å². The van der Waals surface area contributed by atoms with Gasteiger partial charge in [-0.3, -0.25) is 4.79 Å². The molecular formula is C14H13ClF3NO3S. The zero-order valence-corrected chi connectivity index (χ0v) is 13.3. The summed E-state index contributed by atoms with van der Waals surface area (Å²) in [4.78, 5) is 11.7. The quantitative estimate of drug-likeness (QED) is 0.835. The lowest BCUT2D eigenvalue weighted by Crippen LogP contribution is -2.34. The molecule has 1 aliphatic rings. The van der Waals surface area contributed by atoms with Crippen LogP contribution in [0.5, 0.6) is 0 Å². The van der Waals surface area contributed by atoms with Crippen LogP contribution in [0.4, 0.5) is 13.2 Å². The maximum Gasteiger partial charge on any atom is 0.417 e. The molecule has 1 aromatic rings. The second-order valence-corrected chi connectivity index (χ2v) is 7.81. The van der Waals surface area contributed by atoms with E-state index >= 15 is 0 Å². The van der Waals surface area contributed by atoms with E-state index in [9.17, 15) is 26.4 Å². The van der Waals surface area contributed by atoms with E-state index in [0.29, 0.717) is 6.42 Å². The molecule has 0 spiro atoms. The van der Waals surface area contributed by atoms with Crippen LogP contribution in [0.3, 0.4) is 0 Å². The summed E-state index contributed by atoms with van der Waals surface area (Å²) in [5.74, 6) is -0.657.